The van der Waals surface area contributed by atoms with Crippen LogP contribution in [0.4, 0.5) is 24.8 Å². The van der Waals surface area contributed by atoms with Crippen molar-refractivity contribution in [2.24, 2.45) is 4.99 Å². The van der Waals surface area contributed by atoms with Crippen LogP contribution in [0, 0.1) is 0 Å². The first-order valence-corrected chi connectivity index (χ1v) is 11.1. The van der Waals surface area contributed by atoms with Crippen LogP contribution in [0.3, 0.4) is 0 Å². The van der Waals surface area contributed by atoms with Gasteiger partial charge >= 0.3 is 6.18 Å². The molecule has 3 amide bonds. The van der Waals surface area contributed by atoms with Crippen molar-refractivity contribution in [1.29, 1.82) is 0 Å². The first-order chi connectivity index (χ1) is 16.4. The summed E-state index contributed by atoms with van der Waals surface area (Å²) in [6.45, 7) is 2.99. The Hall–Kier alpha value is -3.52. The van der Waals surface area contributed by atoms with E-state index in [9.17, 15) is 27.6 Å². The van der Waals surface area contributed by atoms with Gasteiger partial charge in [0.25, 0.3) is 11.8 Å². The summed E-state index contributed by atoms with van der Waals surface area (Å²) >= 11 is 6.62. The average molecular weight is 528 g/mol. The molecular weight excluding hydrogens is 511 g/mol. The highest BCUT2D eigenvalue weighted by atomic mass is 35.5. The summed E-state index contributed by atoms with van der Waals surface area (Å²) in [4.78, 5) is 51.8. The predicted octanol–water partition coefficient (Wildman–Crippen LogP) is 3.29. The number of carbonyl (C=O) groups excluding carboxylic acids is 3. The van der Waals surface area contributed by atoms with Crippen molar-refractivity contribution < 1.29 is 27.6 Å². The molecule has 0 fully saturated rings. The van der Waals surface area contributed by atoms with Gasteiger partial charge in [-0.3, -0.25) is 19.4 Å². The van der Waals surface area contributed by atoms with Gasteiger partial charge in [0.2, 0.25) is 5.91 Å². The second kappa shape index (κ2) is 10.8. The largest absolute Gasteiger partial charge is 0.418 e. The minimum Gasteiger partial charge on any atom is -0.343 e. The van der Waals surface area contributed by atoms with Crippen LogP contribution >= 0.6 is 23.4 Å². The number of aromatic nitrogens is 3. The Morgan fingerprint density at radius 3 is 2.43 bits per heavy atom. The molecule has 1 atom stereocenters. The number of alkyl halides is 3. The predicted molar refractivity (Wildman–Crippen MR) is 124 cm³/mol. The molecule has 0 saturated heterocycles. The Balaban J connectivity index is 1.64. The molecule has 3 rings (SSSR count). The number of nitrogens with one attached hydrogen (secondary N) is 3. The number of rotatable bonds is 6. The molecule has 0 bridgehead atoms. The van der Waals surface area contributed by atoms with Crippen molar-refractivity contribution in [3.05, 3.63) is 52.0 Å². The fraction of sp³-hybridized carbons (Fsp3) is 0.250. The van der Waals surface area contributed by atoms with Gasteiger partial charge in [-0.2, -0.15) is 13.2 Å². The lowest BCUT2D eigenvalue weighted by molar-refractivity contribution is -0.137. The highest BCUT2D eigenvalue weighted by Crippen LogP contribution is 2.35. The molecule has 0 spiro atoms. The van der Waals surface area contributed by atoms with Crippen molar-refractivity contribution in [1.82, 2.24) is 20.3 Å². The van der Waals surface area contributed by atoms with Gasteiger partial charge in [-0.1, -0.05) is 11.6 Å². The third kappa shape index (κ3) is 6.99. The number of pyridine rings is 1. The van der Waals surface area contributed by atoms with Crippen molar-refractivity contribution in [3.63, 3.8) is 0 Å². The Morgan fingerprint density at radius 2 is 1.80 bits per heavy atom. The zero-order chi connectivity index (χ0) is 25.8. The van der Waals surface area contributed by atoms with Crippen molar-refractivity contribution >= 4 is 58.4 Å². The standard InChI is InChI=1S/C20H17ClF3N7O3S/c1-9(29-18(33)13-4-17(28-8-27-13)30-10(2)32)14-7-35-15(6-25-14)19(34)31-16-3-11(20(22,23)24)12(21)5-26-16/h3-6,8-9H,7H2,1-2H3,(H,29,33)(H,26,31,34)(H,27,28,30,32). The molecule has 3 heterocycles. The highest BCUT2D eigenvalue weighted by Gasteiger charge is 2.34. The second-order valence-corrected chi connectivity index (χ2v) is 8.49. The SMILES string of the molecule is CC(=O)Nc1cc(C(=O)NC(C)C2=NC=C(C(=O)Nc3cc(C(F)(F)F)c(Cl)cn3)SC2)ncn1. The molecule has 0 aliphatic carbocycles. The third-order valence-electron chi connectivity index (χ3n) is 4.40. The first-order valence-electron chi connectivity index (χ1n) is 9.78. The normalized spacial score (nSPS) is 14.3. The van der Waals surface area contributed by atoms with E-state index in [4.69, 9.17) is 11.6 Å². The number of hydrogen-bond acceptors (Lipinski definition) is 8. The molecule has 3 N–H and O–H groups in total. The number of amides is 3. The molecule has 0 radical (unpaired) electrons. The minimum absolute atomic E-state index is 0.0314. The summed E-state index contributed by atoms with van der Waals surface area (Å²) < 4.78 is 39.0. The molecule has 1 aliphatic rings. The molecule has 10 nitrogen and oxygen atoms in total. The highest BCUT2D eigenvalue weighted by molar-refractivity contribution is 8.04. The molecule has 2 aromatic heterocycles. The average Bonchev–Trinajstić information content (AvgIpc) is 2.79. The maximum Gasteiger partial charge on any atom is 0.418 e. The van der Waals surface area contributed by atoms with Gasteiger partial charge in [-0.15, -0.1) is 11.8 Å². The van der Waals surface area contributed by atoms with Crippen LogP contribution in [-0.2, 0) is 15.8 Å². The van der Waals surface area contributed by atoms with Crippen LogP contribution in [0.1, 0.15) is 29.9 Å². The number of anilines is 2. The third-order valence-corrected chi connectivity index (χ3v) is 5.74. The molecule has 0 aromatic carbocycles. The zero-order valence-electron chi connectivity index (χ0n) is 18.1. The van der Waals surface area contributed by atoms with Crippen molar-refractivity contribution in [2.45, 2.75) is 26.1 Å². The lowest BCUT2D eigenvalue weighted by Gasteiger charge is -2.19. The summed E-state index contributed by atoms with van der Waals surface area (Å²) in [5.74, 6) is -1.47. The monoisotopic (exact) mass is 527 g/mol. The Morgan fingerprint density at radius 1 is 1.09 bits per heavy atom. The lowest BCUT2D eigenvalue weighted by Crippen LogP contribution is -2.40. The smallest absolute Gasteiger partial charge is 0.343 e. The molecule has 1 aliphatic heterocycles. The summed E-state index contributed by atoms with van der Waals surface area (Å²) in [6, 6.07) is 1.44. The van der Waals surface area contributed by atoms with E-state index in [0.29, 0.717) is 11.8 Å². The van der Waals surface area contributed by atoms with Crippen molar-refractivity contribution in [3.8, 4) is 0 Å². The van der Waals surface area contributed by atoms with Crippen LogP contribution in [0.25, 0.3) is 0 Å². The molecule has 35 heavy (non-hydrogen) atoms. The maximum absolute atomic E-state index is 13.0. The lowest BCUT2D eigenvalue weighted by atomic mass is 10.2. The Bertz CT molecular complexity index is 1240. The van der Waals surface area contributed by atoms with Gasteiger partial charge in [0.05, 0.1) is 27.2 Å². The van der Waals surface area contributed by atoms with Crippen molar-refractivity contribution in [2.75, 3.05) is 16.4 Å². The number of nitrogens with zero attached hydrogens (tertiary/aromatic N) is 4. The maximum atomic E-state index is 13.0. The quantitative estimate of drug-likeness (QED) is 0.524. The van der Waals surface area contributed by atoms with Gasteiger partial charge in [-0.05, 0) is 13.0 Å². The van der Waals surface area contributed by atoms with E-state index < -0.39 is 34.6 Å². The van der Waals surface area contributed by atoms with Gasteiger partial charge in [-0.25, -0.2) is 15.0 Å². The molecule has 15 heteroatoms. The van der Waals surface area contributed by atoms with Gasteiger partial charge < -0.3 is 16.0 Å². The molecule has 1 unspecified atom stereocenters. The summed E-state index contributed by atoms with van der Waals surface area (Å²) in [5, 5.41) is 6.87. The first kappa shape index (κ1) is 26.1. The zero-order valence-corrected chi connectivity index (χ0v) is 19.7. The van der Waals surface area contributed by atoms with E-state index in [2.05, 4.69) is 35.9 Å². The van der Waals surface area contributed by atoms with E-state index in [0.717, 1.165) is 24.3 Å². The molecule has 2 aromatic rings. The fourth-order valence-electron chi connectivity index (χ4n) is 2.72. The van der Waals surface area contributed by atoms with E-state index in [1.54, 1.807) is 6.92 Å². The number of carbonyl (C=O) groups is 3. The number of halogens is 4. The number of thioether (sulfide) groups is 1. The molecule has 184 valence electrons. The minimum atomic E-state index is -4.70. The van der Waals surface area contributed by atoms with E-state index in [-0.39, 0.29) is 33.9 Å². The topological polar surface area (TPSA) is 138 Å². The number of aliphatic imine (C=N–C) groups is 1. The molecule has 0 saturated carbocycles. The van der Waals surface area contributed by atoms with Crippen LogP contribution in [-0.4, -0.2) is 50.2 Å². The van der Waals surface area contributed by atoms with E-state index >= 15 is 0 Å². The van der Waals surface area contributed by atoms with E-state index in [1.807, 2.05) is 0 Å². The van der Waals surface area contributed by atoms with Gasteiger partial charge in [0.1, 0.15) is 23.7 Å². The number of hydrogen-bond donors (Lipinski definition) is 3. The van der Waals surface area contributed by atoms with Crippen LogP contribution in [0.15, 0.2) is 40.8 Å². The fourth-order valence-corrected chi connectivity index (χ4v) is 3.86. The van der Waals surface area contributed by atoms with Crippen LogP contribution in [0.2, 0.25) is 5.02 Å². The summed E-state index contributed by atoms with van der Waals surface area (Å²) in [7, 11) is 0. The van der Waals surface area contributed by atoms with Gasteiger partial charge in [0, 0.05) is 31.1 Å². The Kier molecular flexibility index (Phi) is 8.07. The summed E-state index contributed by atoms with van der Waals surface area (Å²) in [5.41, 5.74) is -0.545. The summed E-state index contributed by atoms with van der Waals surface area (Å²) in [6.07, 6.45) is -1.50. The van der Waals surface area contributed by atoms with Crippen LogP contribution < -0.4 is 16.0 Å². The second-order valence-electron chi connectivity index (χ2n) is 7.07. The Labute approximate surface area is 205 Å². The van der Waals surface area contributed by atoms with Crippen LogP contribution in [0.5, 0.6) is 0 Å². The van der Waals surface area contributed by atoms with Gasteiger partial charge in [0.15, 0.2) is 0 Å². The molecular formula is C20H17ClF3N7O3S. The van der Waals surface area contributed by atoms with E-state index in [1.165, 1.54) is 19.2 Å².